The van der Waals surface area contributed by atoms with Gasteiger partial charge in [-0.3, -0.25) is 33.6 Å². The van der Waals surface area contributed by atoms with E-state index in [9.17, 15) is 38.4 Å². The maximum Gasteiger partial charge on any atom is 0.407 e. The number of nitrogens with zero attached hydrogens (tertiary/aromatic N) is 1. The van der Waals surface area contributed by atoms with Crippen molar-refractivity contribution in [3.63, 3.8) is 0 Å². The maximum absolute atomic E-state index is 13.8. The van der Waals surface area contributed by atoms with E-state index in [2.05, 4.69) is 37.9 Å². The van der Waals surface area contributed by atoms with E-state index in [0.29, 0.717) is 110 Å². The number of hydrogen-bond donors (Lipinski definition) is 1. The Labute approximate surface area is 552 Å². The zero-order valence-corrected chi connectivity index (χ0v) is 58.3. The van der Waals surface area contributed by atoms with Gasteiger partial charge in [0.15, 0.2) is 0 Å². The van der Waals surface area contributed by atoms with Crippen LogP contribution in [0.25, 0.3) is 0 Å². The van der Waals surface area contributed by atoms with Crippen LogP contribution < -0.4 is 5.32 Å². The van der Waals surface area contributed by atoms with Crippen molar-refractivity contribution in [3.05, 3.63) is 0 Å². The summed E-state index contributed by atoms with van der Waals surface area (Å²) in [7, 11) is 0. The van der Waals surface area contributed by atoms with Gasteiger partial charge in [0, 0.05) is 58.0 Å². The third-order valence-corrected chi connectivity index (χ3v) is 16.9. The van der Waals surface area contributed by atoms with E-state index in [0.717, 1.165) is 135 Å². The number of alkyl carbamates (subject to hydrolysis) is 1. The Morgan fingerprint density at radius 2 is 0.604 bits per heavy atom. The number of rotatable bonds is 65. The molecule has 1 aliphatic heterocycles. The quantitative estimate of drug-likeness (QED) is 0.0339. The monoisotopic (exact) mass is 1290 g/mol. The number of carbonyl (C=O) groups excluding carboxylic acids is 8. The molecule has 18 nitrogen and oxygen atoms in total. The summed E-state index contributed by atoms with van der Waals surface area (Å²) in [6.45, 7) is 11.6. The van der Waals surface area contributed by atoms with Crippen molar-refractivity contribution in [1.29, 1.82) is 0 Å². The lowest BCUT2D eigenvalue weighted by Crippen LogP contribution is -2.44. The summed E-state index contributed by atoms with van der Waals surface area (Å²) < 4.78 is 45.8. The Morgan fingerprint density at radius 3 is 0.934 bits per heavy atom. The molecule has 0 bridgehead atoms. The van der Waals surface area contributed by atoms with Gasteiger partial charge in [-0.15, -0.1) is 0 Å². The summed E-state index contributed by atoms with van der Waals surface area (Å²) in [4.78, 5) is 107. The number of ether oxygens (including phenoxy) is 8. The van der Waals surface area contributed by atoms with Gasteiger partial charge in [-0.2, -0.15) is 0 Å². The highest BCUT2D eigenvalue weighted by molar-refractivity contribution is 5.72. The average Bonchev–Trinajstić information content (AvgIpc) is 2.40. The van der Waals surface area contributed by atoms with Crippen LogP contribution in [0.4, 0.5) is 4.79 Å². The molecule has 1 unspecified atom stereocenters. The Morgan fingerprint density at radius 1 is 0.330 bits per heavy atom. The first kappa shape index (κ1) is 84.5. The largest absolute Gasteiger partial charge is 0.466 e. The molecule has 1 amide bonds. The topological polar surface area (TPSA) is 226 Å². The van der Waals surface area contributed by atoms with Crippen LogP contribution in [-0.4, -0.2) is 131 Å². The van der Waals surface area contributed by atoms with Crippen molar-refractivity contribution in [3.8, 4) is 0 Å². The van der Waals surface area contributed by atoms with E-state index < -0.39 is 67.9 Å². The Kier molecular flexibility index (Phi) is 57.3. The summed E-state index contributed by atoms with van der Waals surface area (Å²) in [5, 5.41) is 2.87. The van der Waals surface area contributed by atoms with Gasteiger partial charge in [-0.1, -0.05) is 201 Å². The third-order valence-electron chi connectivity index (χ3n) is 16.9. The Hall–Kier alpha value is -4.48. The van der Waals surface area contributed by atoms with E-state index in [1.54, 1.807) is 0 Å². The van der Waals surface area contributed by atoms with Crippen LogP contribution in [0.3, 0.4) is 0 Å². The number of hydrogen-bond acceptors (Lipinski definition) is 17. The van der Waals surface area contributed by atoms with Crippen LogP contribution >= 0.6 is 0 Å². The normalized spacial score (nSPS) is 12.7. The second kappa shape index (κ2) is 61.7. The minimum Gasteiger partial charge on any atom is -0.466 e. The summed E-state index contributed by atoms with van der Waals surface area (Å²) >= 11 is 0. The second-order valence-electron chi connectivity index (χ2n) is 25.8. The van der Waals surface area contributed by atoms with Crippen LogP contribution in [0, 0.1) is 5.41 Å². The van der Waals surface area contributed by atoms with Gasteiger partial charge in [0.2, 0.25) is 0 Å². The molecule has 530 valence electrons. The molecule has 0 aliphatic carbocycles. The van der Waals surface area contributed by atoms with E-state index in [1.807, 2.05) is 0 Å². The molecule has 0 spiro atoms. The van der Waals surface area contributed by atoms with Crippen LogP contribution in [0.2, 0.25) is 0 Å². The molecule has 1 rings (SSSR count). The predicted molar refractivity (Wildman–Crippen MR) is 358 cm³/mol. The molecular weight excluding hydrogens is 1160 g/mol. The highest BCUT2D eigenvalue weighted by Gasteiger charge is 2.38. The number of unbranched alkanes of at least 4 members (excludes halogenated alkanes) is 30. The molecule has 1 saturated heterocycles. The Bertz CT molecular complexity index is 1680. The molecule has 91 heavy (non-hydrogen) atoms. The van der Waals surface area contributed by atoms with Gasteiger partial charge in [-0.25, -0.2) is 4.79 Å². The molecule has 1 N–H and O–H groups in total. The molecule has 1 heterocycles. The van der Waals surface area contributed by atoms with Crippen molar-refractivity contribution >= 4 is 47.9 Å². The fraction of sp³-hybridized carbons (Fsp3) is 0.890. The van der Waals surface area contributed by atoms with Gasteiger partial charge >= 0.3 is 47.9 Å². The standard InChI is InChI=1S/C73H132N2O16/c1-5-9-13-17-20-29-41-57-84-65(76)45-33-23-26-36-48-68(79)87-60-73(61-88-69(80)49-37-27-24-34-46-66(77)85-58-42-30-21-18-14-10-6-2,62-89-70(81)50-38-28-25-35-47-67(78)86-59-43-31-22-19-15-11-7-3)63-90-71(82)52-51-64(44-32-16-12-8-4)91-72(83)74-53-56-75-54-39-40-55-75/h64H,5-63H2,1-4H3,(H,74,83). The van der Waals surface area contributed by atoms with E-state index in [-0.39, 0.29) is 50.0 Å². The molecule has 0 aromatic rings. The number of esters is 7. The molecule has 0 aromatic heterocycles. The number of nitrogens with one attached hydrogen (secondary N) is 1. The zero-order chi connectivity index (χ0) is 66.4. The van der Waals surface area contributed by atoms with Crippen molar-refractivity contribution in [1.82, 2.24) is 10.2 Å². The first-order valence-electron chi connectivity index (χ1n) is 37.1. The smallest absolute Gasteiger partial charge is 0.407 e. The SMILES string of the molecule is CCCCCCCCCOC(=O)CCCCCCC(=O)OCC(COC(=O)CCCCCCC(=O)OCCCCCCCCC)(COC(=O)CCCCCCC(=O)OCCCCCCCCC)COC(=O)CCC(CCCCCC)OC(=O)NCCN1CCCC1. The van der Waals surface area contributed by atoms with Crippen molar-refractivity contribution in [2.45, 2.75) is 342 Å². The fourth-order valence-corrected chi connectivity index (χ4v) is 11.0. The molecule has 0 saturated carbocycles. The van der Waals surface area contributed by atoms with Crippen LogP contribution in [0.5, 0.6) is 0 Å². The lowest BCUT2D eigenvalue weighted by molar-refractivity contribution is -0.171. The number of amides is 1. The zero-order valence-electron chi connectivity index (χ0n) is 58.3. The summed E-state index contributed by atoms with van der Waals surface area (Å²) in [5.41, 5.74) is -1.48. The van der Waals surface area contributed by atoms with Crippen molar-refractivity contribution in [2.24, 2.45) is 5.41 Å². The van der Waals surface area contributed by atoms with Gasteiger partial charge in [0.25, 0.3) is 0 Å². The fourth-order valence-electron chi connectivity index (χ4n) is 11.0. The predicted octanol–water partition coefficient (Wildman–Crippen LogP) is 17.0. The molecule has 0 radical (unpaired) electrons. The number of carbonyl (C=O) groups is 8. The maximum atomic E-state index is 13.8. The van der Waals surface area contributed by atoms with Gasteiger partial charge in [0.05, 0.1) is 19.8 Å². The van der Waals surface area contributed by atoms with Crippen molar-refractivity contribution in [2.75, 3.05) is 72.4 Å². The van der Waals surface area contributed by atoms with Crippen LogP contribution in [0.1, 0.15) is 336 Å². The first-order valence-corrected chi connectivity index (χ1v) is 37.1. The van der Waals surface area contributed by atoms with E-state index in [4.69, 9.17) is 37.9 Å². The van der Waals surface area contributed by atoms with Crippen LogP contribution in [-0.2, 0) is 71.5 Å². The van der Waals surface area contributed by atoms with Crippen LogP contribution in [0.15, 0.2) is 0 Å². The molecule has 0 aromatic carbocycles. The molecule has 1 atom stereocenters. The highest BCUT2D eigenvalue weighted by atomic mass is 16.6. The summed E-state index contributed by atoms with van der Waals surface area (Å²) in [5.74, 6) is -2.85. The van der Waals surface area contributed by atoms with Gasteiger partial charge in [-0.05, 0) is 103 Å². The Balaban J connectivity index is 3.08. The molecule has 18 heteroatoms. The lowest BCUT2D eigenvalue weighted by atomic mass is 9.92. The average molecular weight is 1290 g/mol. The summed E-state index contributed by atoms with van der Waals surface area (Å²) in [6, 6.07) is 0. The molecule has 1 aliphatic rings. The highest BCUT2D eigenvalue weighted by Crippen LogP contribution is 2.25. The van der Waals surface area contributed by atoms with Gasteiger partial charge < -0.3 is 48.1 Å². The number of likely N-dealkylation sites (tertiary alicyclic amines) is 1. The third kappa shape index (κ3) is 54.6. The second-order valence-corrected chi connectivity index (χ2v) is 25.8. The lowest BCUT2D eigenvalue weighted by Gasteiger charge is -2.31. The van der Waals surface area contributed by atoms with Gasteiger partial charge in [0.1, 0.15) is 37.9 Å². The van der Waals surface area contributed by atoms with Crippen molar-refractivity contribution < 1.29 is 76.3 Å². The van der Waals surface area contributed by atoms with E-state index >= 15 is 0 Å². The first-order chi connectivity index (χ1) is 44.3. The molecule has 1 fully saturated rings. The molecular formula is C73H132N2O16. The van der Waals surface area contributed by atoms with E-state index in [1.165, 1.54) is 77.0 Å². The minimum atomic E-state index is -1.48. The summed E-state index contributed by atoms with van der Waals surface area (Å²) in [6.07, 6.45) is 38.4. The minimum absolute atomic E-state index is 0.0669.